The molecule has 2 aliphatic rings. The Morgan fingerprint density at radius 3 is 2.00 bits per heavy atom. The zero-order chi connectivity index (χ0) is 29.0. The molecule has 0 aliphatic carbocycles. The Morgan fingerprint density at radius 2 is 1.41 bits per heavy atom. The van der Waals surface area contributed by atoms with Crippen LogP contribution in [0.3, 0.4) is 0 Å². The lowest BCUT2D eigenvalue weighted by atomic mass is 9.92. The Labute approximate surface area is 228 Å². The van der Waals surface area contributed by atoms with Crippen LogP contribution in [-0.2, 0) is 30.2 Å². The quantitative estimate of drug-likeness (QED) is 0.398. The number of ketones is 1. The van der Waals surface area contributed by atoms with Crippen molar-refractivity contribution in [2.75, 3.05) is 39.4 Å². The van der Waals surface area contributed by atoms with E-state index < -0.39 is 23.1 Å². The van der Waals surface area contributed by atoms with Crippen LogP contribution in [0.1, 0.15) is 60.4 Å². The number of hydrogen-bond acceptors (Lipinski definition) is 9. The molecule has 0 unspecified atom stereocenters. The Balaban J connectivity index is 0.000000223. The van der Waals surface area contributed by atoms with E-state index in [0.717, 1.165) is 5.56 Å². The number of esters is 2. The summed E-state index contributed by atoms with van der Waals surface area (Å²) in [6.07, 6.45) is 0.980. The van der Waals surface area contributed by atoms with Gasteiger partial charge in [-0.25, -0.2) is 9.59 Å². The zero-order valence-electron chi connectivity index (χ0n) is 23.4. The number of carbonyl (C=O) groups is 4. The molecule has 0 N–H and O–H groups in total. The SMILES string of the molecule is COC(=O)c1ccc2c(c1)CC(=O)C(C)(C)O2.COCCCN1C(=O)C(C)(C)Oc2ccc(C(=O)OC)cc21. The Hall–Kier alpha value is -3.92. The lowest BCUT2D eigenvalue weighted by Gasteiger charge is -2.39. The molecule has 10 heteroatoms. The van der Waals surface area contributed by atoms with Crippen LogP contribution in [0, 0.1) is 0 Å². The van der Waals surface area contributed by atoms with Gasteiger partial charge >= 0.3 is 11.9 Å². The minimum atomic E-state index is -0.938. The van der Waals surface area contributed by atoms with Crippen LogP contribution in [0.25, 0.3) is 0 Å². The standard InChI is InChI=1S/C16H21NO5.C13H14O4/c1-16(2)15(19)17(8-5-9-20-3)12-10-11(14(18)21-4)6-7-13(12)22-16;1-13(2)11(14)7-9-6-8(12(15)16-3)4-5-10(9)17-13/h6-7,10H,5,8-9H2,1-4H3;4-6H,7H2,1-3H3. The molecule has 2 aromatic carbocycles. The maximum atomic E-state index is 12.6. The summed E-state index contributed by atoms with van der Waals surface area (Å²) in [6, 6.07) is 9.94. The highest BCUT2D eigenvalue weighted by atomic mass is 16.5. The van der Waals surface area contributed by atoms with Crippen molar-refractivity contribution in [1.82, 2.24) is 0 Å². The van der Waals surface area contributed by atoms with Crippen molar-refractivity contribution in [3.8, 4) is 11.5 Å². The normalized spacial score (nSPS) is 16.4. The number of methoxy groups -OCH3 is 3. The van der Waals surface area contributed by atoms with Gasteiger partial charge in [-0.05, 0) is 70.5 Å². The first kappa shape index (κ1) is 29.6. The fourth-order valence-corrected chi connectivity index (χ4v) is 4.18. The number of ether oxygens (including phenoxy) is 5. The van der Waals surface area contributed by atoms with Gasteiger partial charge in [0.05, 0.1) is 31.0 Å². The van der Waals surface area contributed by atoms with Crippen molar-refractivity contribution in [2.24, 2.45) is 0 Å². The van der Waals surface area contributed by atoms with E-state index in [2.05, 4.69) is 4.74 Å². The van der Waals surface area contributed by atoms with E-state index in [0.29, 0.717) is 47.9 Å². The van der Waals surface area contributed by atoms with Crippen molar-refractivity contribution in [1.29, 1.82) is 0 Å². The van der Waals surface area contributed by atoms with Crippen molar-refractivity contribution in [3.05, 3.63) is 53.1 Å². The van der Waals surface area contributed by atoms with Gasteiger partial charge in [0.1, 0.15) is 11.5 Å². The molecule has 0 spiro atoms. The third-order valence-corrected chi connectivity index (χ3v) is 6.40. The van der Waals surface area contributed by atoms with Gasteiger partial charge in [-0.1, -0.05) is 0 Å². The van der Waals surface area contributed by atoms with Gasteiger partial charge in [0, 0.05) is 32.2 Å². The van der Waals surface area contributed by atoms with Gasteiger partial charge in [-0.3, -0.25) is 9.59 Å². The second-order valence-electron chi connectivity index (χ2n) is 10.1. The fourth-order valence-electron chi connectivity index (χ4n) is 4.18. The molecule has 0 saturated carbocycles. The first-order valence-corrected chi connectivity index (χ1v) is 12.5. The van der Waals surface area contributed by atoms with Crippen LogP contribution >= 0.6 is 0 Å². The van der Waals surface area contributed by atoms with Gasteiger partial charge in [0.25, 0.3) is 5.91 Å². The molecule has 2 heterocycles. The van der Waals surface area contributed by atoms with Crippen LogP contribution in [0.2, 0.25) is 0 Å². The minimum Gasteiger partial charge on any atom is -0.480 e. The minimum absolute atomic E-state index is 0.00650. The number of benzene rings is 2. The monoisotopic (exact) mass is 541 g/mol. The van der Waals surface area contributed by atoms with Crippen LogP contribution in [0.15, 0.2) is 36.4 Å². The molecule has 0 atom stereocenters. The lowest BCUT2D eigenvalue weighted by molar-refractivity contribution is -0.133. The Morgan fingerprint density at radius 1 is 0.846 bits per heavy atom. The molecule has 2 aliphatic heterocycles. The van der Waals surface area contributed by atoms with Gasteiger partial charge in [-0.2, -0.15) is 0 Å². The van der Waals surface area contributed by atoms with Crippen LogP contribution in [-0.4, -0.2) is 69.3 Å². The number of Topliss-reactive ketones (excluding diaryl/α,β-unsaturated/α-hetero) is 1. The van der Waals surface area contributed by atoms with Gasteiger partial charge in [0.2, 0.25) is 0 Å². The largest absolute Gasteiger partial charge is 0.480 e. The summed E-state index contributed by atoms with van der Waals surface area (Å²) in [7, 11) is 4.27. The molecule has 10 nitrogen and oxygen atoms in total. The molecule has 0 bridgehead atoms. The van der Waals surface area contributed by atoms with Gasteiger partial charge in [0.15, 0.2) is 17.0 Å². The van der Waals surface area contributed by atoms with E-state index >= 15 is 0 Å². The molecule has 2 aromatic rings. The second kappa shape index (κ2) is 11.9. The maximum absolute atomic E-state index is 12.6. The van der Waals surface area contributed by atoms with Gasteiger partial charge in [-0.15, -0.1) is 0 Å². The van der Waals surface area contributed by atoms with E-state index in [4.69, 9.17) is 18.9 Å². The zero-order valence-corrected chi connectivity index (χ0v) is 23.4. The first-order chi connectivity index (χ1) is 18.3. The van der Waals surface area contributed by atoms with Gasteiger partial charge < -0.3 is 28.6 Å². The smallest absolute Gasteiger partial charge is 0.337 e. The number of amides is 1. The summed E-state index contributed by atoms with van der Waals surface area (Å²) in [5, 5.41) is 0. The predicted octanol–water partition coefficient (Wildman–Crippen LogP) is 3.77. The lowest BCUT2D eigenvalue weighted by Crippen LogP contribution is -2.53. The molecule has 0 saturated heterocycles. The maximum Gasteiger partial charge on any atom is 0.337 e. The molecular weight excluding hydrogens is 506 g/mol. The van der Waals surface area contributed by atoms with Crippen LogP contribution < -0.4 is 14.4 Å². The highest BCUT2D eigenvalue weighted by Crippen LogP contribution is 2.38. The summed E-state index contributed by atoms with van der Waals surface area (Å²) < 4.78 is 25.8. The number of anilines is 1. The van der Waals surface area contributed by atoms with E-state index in [1.54, 1.807) is 76.1 Å². The number of rotatable bonds is 6. The van der Waals surface area contributed by atoms with E-state index in [9.17, 15) is 19.2 Å². The van der Waals surface area contributed by atoms with Crippen LogP contribution in [0.4, 0.5) is 5.69 Å². The molecule has 39 heavy (non-hydrogen) atoms. The van der Waals surface area contributed by atoms with E-state index in [1.807, 2.05) is 0 Å². The molecule has 0 radical (unpaired) electrons. The predicted molar refractivity (Wildman–Crippen MR) is 143 cm³/mol. The summed E-state index contributed by atoms with van der Waals surface area (Å²) in [5.41, 5.74) is 0.407. The highest BCUT2D eigenvalue weighted by molar-refractivity contribution is 6.03. The summed E-state index contributed by atoms with van der Waals surface area (Å²) in [6.45, 7) is 8.00. The van der Waals surface area contributed by atoms with Crippen molar-refractivity contribution in [3.63, 3.8) is 0 Å². The van der Waals surface area contributed by atoms with E-state index in [-0.39, 0.29) is 18.1 Å². The number of carbonyl (C=O) groups excluding carboxylic acids is 4. The first-order valence-electron chi connectivity index (χ1n) is 12.5. The average Bonchev–Trinajstić information content (AvgIpc) is 2.90. The Bertz CT molecular complexity index is 1270. The van der Waals surface area contributed by atoms with Crippen molar-refractivity contribution in [2.45, 2.75) is 51.7 Å². The highest BCUT2D eigenvalue weighted by Gasteiger charge is 2.41. The molecule has 0 fully saturated rings. The Kier molecular flexibility index (Phi) is 9.01. The molecular formula is C29H35NO9. The topological polar surface area (TPSA) is 118 Å². The van der Waals surface area contributed by atoms with Crippen molar-refractivity contribution >= 4 is 29.3 Å². The summed E-state index contributed by atoms with van der Waals surface area (Å²) in [5.74, 6) is 0.240. The third kappa shape index (κ3) is 6.57. The molecule has 4 rings (SSSR count). The molecule has 0 aromatic heterocycles. The van der Waals surface area contributed by atoms with Crippen LogP contribution in [0.5, 0.6) is 11.5 Å². The molecule has 210 valence electrons. The molecule has 1 amide bonds. The summed E-state index contributed by atoms with van der Waals surface area (Å²) in [4.78, 5) is 49.1. The second-order valence-corrected chi connectivity index (χ2v) is 10.1. The van der Waals surface area contributed by atoms with Crippen molar-refractivity contribution < 1.29 is 42.9 Å². The summed E-state index contributed by atoms with van der Waals surface area (Å²) >= 11 is 0. The third-order valence-electron chi connectivity index (χ3n) is 6.40. The van der Waals surface area contributed by atoms with E-state index in [1.165, 1.54) is 14.2 Å². The average molecular weight is 542 g/mol. The fraction of sp³-hybridized carbons (Fsp3) is 0.448. The number of fused-ring (bicyclic) bond motifs is 2. The number of hydrogen-bond donors (Lipinski definition) is 0. The number of nitrogens with zero attached hydrogens (tertiary/aromatic N) is 1.